The average molecular weight is 219 g/mol. The van der Waals surface area contributed by atoms with Crippen LogP contribution in [0.4, 0.5) is 0 Å². The number of rotatable bonds is 2. The Bertz CT molecular complexity index is 376. The normalized spacial score (nSPS) is 21.1. The molecule has 1 atom stereocenters. The third-order valence-corrected chi connectivity index (χ3v) is 3.03. The first kappa shape index (κ1) is 11.0. The smallest absolute Gasteiger partial charge is 0.227 e. The van der Waals surface area contributed by atoms with Crippen LogP contribution in [0.2, 0.25) is 0 Å². The van der Waals surface area contributed by atoms with Gasteiger partial charge in [-0.25, -0.2) is 0 Å². The van der Waals surface area contributed by atoms with Crippen LogP contribution in [0.1, 0.15) is 30.7 Å². The second-order valence-corrected chi connectivity index (χ2v) is 4.12. The Morgan fingerprint density at radius 1 is 1.38 bits per heavy atom. The van der Waals surface area contributed by atoms with Crippen molar-refractivity contribution in [3.05, 3.63) is 29.8 Å². The molecule has 1 aliphatic heterocycles. The van der Waals surface area contributed by atoms with Gasteiger partial charge < -0.3 is 10.1 Å². The van der Waals surface area contributed by atoms with Crippen molar-refractivity contribution in [2.45, 2.75) is 25.2 Å². The van der Waals surface area contributed by atoms with Gasteiger partial charge in [-0.1, -0.05) is 18.6 Å². The first-order valence-electron chi connectivity index (χ1n) is 5.73. The van der Waals surface area contributed by atoms with E-state index in [0.29, 0.717) is 0 Å². The lowest BCUT2D eigenvalue weighted by molar-refractivity contribution is -0.122. The van der Waals surface area contributed by atoms with Gasteiger partial charge in [-0.3, -0.25) is 4.79 Å². The zero-order chi connectivity index (χ0) is 11.4. The lowest BCUT2D eigenvalue weighted by atomic mass is 9.94. The highest BCUT2D eigenvalue weighted by atomic mass is 16.5. The van der Waals surface area contributed by atoms with E-state index in [1.807, 2.05) is 24.3 Å². The summed E-state index contributed by atoms with van der Waals surface area (Å²) in [5, 5.41) is 2.95. The van der Waals surface area contributed by atoms with Crippen LogP contribution in [0.15, 0.2) is 24.3 Å². The molecular formula is C13H17NO2. The lowest BCUT2D eigenvalue weighted by Gasteiger charge is -2.14. The molecule has 0 unspecified atom stereocenters. The molecule has 1 fully saturated rings. The molecule has 86 valence electrons. The summed E-state index contributed by atoms with van der Waals surface area (Å²) in [7, 11) is 1.65. The first-order chi connectivity index (χ1) is 7.81. The molecule has 1 amide bonds. The Morgan fingerprint density at radius 2 is 2.25 bits per heavy atom. The van der Waals surface area contributed by atoms with Gasteiger partial charge in [-0.2, -0.15) is 0 Å². The van der Waals surface area contributed by atoms with Crippen LogP contribution in [0.25, 0.3) is 0 Å². The number of carbonyl (C=O) groups excluding carboxylic acids is 1. The van der Waals surface area contributed by atoms with E-state index in [2.05, 4.69) is 5.32 Å². The average Bonchev–Trinajstić information content (AvgIpc) is 2.54. The number of nitrogens with one attached hydrogen (secondary N) is 1. The van der Waals surface area contributed by atoms with Crippen molar-refractivity contribution >= 4 is 5.91 Å². The molecule has 0 radical (unpaired) electrons. The zero-order valence-corrected chi connectivity index (χ0v) is 9.53. The second-order valence-electron chi connectivity index (χ2n) is 4.12. The standard InChI is InChI=1S/C13H17NO2/c1-16-11-6-4-5-10(9-11)12-7-2-3-8-14-13(12)15/h4-6,9,12H,2-3,7-8H2,1H3,(H,14,15)/t12-/m0/s1. The quantitative estimate of drug-likeness (QED) is 0.827. The molecule has 16 heavy (non-hydrogen) atoms. The van der Waals surface area contributed by atoms with Crippen LogP contribution < -0.4 is 10.1 Å². The molecule has 1 aromatic carbocycles. The minimum Gasteiger partial charge on any atom is -0.497 e. The summed E-state index contributed by atoms with van der Waals surface area (Å²) in [6.45, 7) is 0.805. The summed E-state index contributed by atoms with van der Waals surface area (Å²) in [4.78, 5) is 11.9. The highest BCUT2D eigenvalue weighted by Crippen LogP contribution is 2.26. The van der Waals surface area contributed by atoms with Crippen LogP contribution >= 0.6 is 0 Å². The Balaban J connectivity index is 2.23. The van der Waals surface area contributed by atoms with Crippen LogP contribution in [0, 0.1) is 0 Å². The van der Waals surface area contributed by atoms with Gasteiger partial charge in [0, 0.05) is 6.54 Å². The fraction of sp³-hybridized carbons (Fsp3) is 0.462. The summed E-state index contributed by atoms with van der Waals surface area (Å²) >= 11 is 0. The van der Waals surface area contributed by atoms with Crippen molar-refractivity contribution in [3.8, 4) is 5.75 Å². The Kier molecular flexibility index (Phi) is 3.44. The molecule has 3 nitrogen and oxygen atoms in total. The summed E-state index contributed by atoms with van der Waals surface area (Å²) < 4.78 is 5.18. The highest BCUT2D eigenvalue weighted by molar-refractivity contribution is 5.83. The third kappa shape index (κ3) is 2.35. The van der Waals surface area contributed by atoms with Gasteiger partial charge in [0.05, 0.1) is 13.0 Å². The van der Waals surface area contributed by atoms with E-state index in [0.717, 1.165) is 37.1 Å². The molecule has 0 bridgehead atoms. The fourth-order valence-electron chi connectivity index (χ4n) is 2.12. The van der Waals surface area contributed by atoms with Crippen molar-refractivity contribution in [2.24, 2.45) is 0 Å². The van der Waals surface area contributed by atoms with Crippen LogP contribution in [0.5, 0.6) is 5.75 Å². The van der Waals surface area contributed by atoms with Gasteiger partial charge in [0.2, 0.25) is 5.91 Å². The van der Waals surface area contributed by atoms with Gasteiger partial charge in [-0.15, -0.1) is 0 Å². The number of benzene rings is 1. The maximum atomic E-state index is 11.9. The molecule has 0 spiro atoms. The van der Waals surface area contributed by atoms with Gasteiger partial charge in [0.1, 0.15) is 5.75 Å². The van der Waals surface area contributed by atoms with Crippen molar-refractivity contribution in [1.82, 2.24) is 5.32 Å². The SMILES string of the molecule is COc1cccc([C@@H]2CCCCNC2=O)c1. The van der Waals surface area contributed by atoms with Crippen LogP contribution in [-0.4, -0.2) is 19.6 Å². The summed E-state index contributed by atoms with van der Waals surface area (Å²) in [6, 6.07) is 7.79. The van der Waals surface area contributed by atoms with Crippen LogP contribution in [-0.2, 0) is 4.79 Å². The topological polar surface area (TPSA) is 38.3 Å². The van der Waals surface area contributed by atoms with E-state index in [9.17, 15) is 4.79 Å². The van der Waals surface area contributed by atoms with Crippen LogP contribution in [0.3, 0.4) is 0 Å². The lowest BCUT2D eigenvalue weighted by Crippen LogP contribution is -2.27. The van der Waals surface area contributed by atoms with Gasteiger partial charge in [0.25, 0.3) is 0 Å². The largest absolute Gasteiger partial charge is 0.497 e. The molecule has 1 saturated heterocycles. The summed E-state index contributed by atoms with van der Waals surface area (Å²) in [6.07, 6.45) is 3.10. The van der Waals surface area contributed by atoms with Gasteiger partial charge in [-0.05, 0) is 30.5 Å². The Morgan fingerprint density at radius 3 is 3.06 bits per heavy atom. The number of carbonyl (C=O) groups is 1. The molecule has 3 heteroatoms. The minimum atomic E-state index is -0.0161. The third-order valence-electron chi connectivity index (χ3n) is 3.03. The number of ether oxygens (including phenoxy) is 1. The predicted octanol–water partition coefficient (Wildman–Crippen LogP) is 2.08. The van der Waals surface area contributed by atoms with E-state index >= 15 is 0 Å². The molecule has 1 aromatic rings. The number of amides is 1. The molecule has 0 aliphatic carbocycles. The highest BCUT2D eigenvalue weighted by Gasteiger charge is 2.22. The number of hydrogen-bond donors (Lipinski definition) is 1. The van der Waals surface area contributed by atoms with Crippen molar-refractivity contribution in [1.29, 1.82) is 0 Å². The molecule has 1 heterocycles. The van der Waals surface area contributed by atoms with Crippen molar-refractivity contribution in [3.63, 3.8) is 0 Å². The van der Waals surface area contributed by atoms with E-state index in [1.54, 1.807) is 7.11 Å². The summed E-state index contributed by atoms with van der Waals surface area (Å²) in [5.74, 6) is 0.943. The molecular weight excluding hydrogens is 202 g/mol. The summed E-state index contributed by atoms with van der Waals surface area (Å²) in [5.41, 5.74) is 1.05. The van der Waals surface area contributed by atoms with E-state index in [-0.39, 0.29) is 11.8 Å². The number of hydrogen-bond acceptors (Lipinski definition) is 2. The predicted molar refractivity (Wildman–Crippen MR) is 62.6 cm³/mol. The molecule has 0 aromatic heterocycles. The maximum absolute atomic E-state index is 11.9. The van der Waals surface area contributed by atoms with Crippen molar-refractivity contribution in [2.75, 3.05) is 13.7 Å². The van der Waals surface area contributed by atoms with E-state index < -0.39 is 0 Å². The maximum Gasteiger partial charge on any atom is 0.227 e. The van der Waals surface area contributed by atoms with Gasteiger partial charge in [0.15, 0.2) is 0 Å². The number of methoxy groups -OCH3 is 1. The zero-order valence-electron chi connectivity index (χ0n) is 9.53. The molecule has 2 rings (SSSR count). The van der Waals surface area contributed by atoms with Crippen molar-refractivity contribution < 1.29 is 9.53 Å². The first-order valence-corrected chi connectivity index (χ1v) is 5.73. The molecule has 1 N–H and O–H groups in total. The fourth-order valence-corrected chi connectivity index (χ4v) is 2.12. The Hall–Kier alpha value is -1.51. The van der Waals surface area contributed by atoms with E-state index in [4.69, 9.17) is 4.74 Å². The molecule has 1 aliphatic rings. The molecule has 0 saturated carbocycles. The second kappa shape index (κ2) is 5.01. The van der Waals surface area contributed by atoms with E-state index in [1.165, 1.54) is 0 Å². The monoisotopic (exact) mass is 219 g/mol. The minimum absolute atomic E-state index is 0.0161. The Labute approximate surface area is 95.8 Å². The van der Waals surface area contributed by atoms with Gasteiger partial charge >= 0.3 is 0 Å².